The number of aromatic nitrogens is 4. The lowest BCUT2D eigenvalue weighted by atomic mass is 10.3. The van der Waals surface area contributed by atoms with Crippen LogP contribution >= 0.6 is 0 Å². The van der Waals surface area contributed by atoms with Gasteiger partial charge in [0.15, 0.2) is 0 Å². The molecule has 0 fully saturated rings. The molecule has 0 atom stereocenters. The van der Waals surface area contributed by atoms with E-state index in [1.165, 1.54) is 0 Å². The first kappa shape index (κ1) is 14.3. The Labute approximate surface area is 129 Å². The second kappa shape index (κ2) is 6.43. The SMILES string of the molecule is CCc1nc2ccccc2[nH]1.CCc1nc2ccccc2[nH]1. The first-order chi connectivity index (χ1) is 10.8. The van der Waals surface area contributed by atoms with Crippen LogP contribution in [0.5, 0.6) is 0 Å². The Balaban J connectivity index is 0.000000131. The molecule has 0 saturated heterocycles. The molecule has 0 aliphatic carbocycles. The number of aryl methyl sites for hydroxylation is 2. The Kier molecular flexibility index (Phi) is 4.19. The number of rotatable bonds is 2. The Morgan fingerprint density at radius 1 is 0.682 bits per heavy atom. The highest BCUT2D eigenvalue weighted by atomic mass is 14.9. The summed E-state index contributed by atoms with van der Waals surface area (Å²) in [6, 6.07) is 16.2. The number of nitrogens with zero attached hydrogens (tertiary/aromatic N) is 2. The molecular formula is C18H20N4. The van der Waals surface area contributed by atoms with Gasteiger partial charge in [-0.25, -0.2) is 9.97 Å². The van der Waals surface area contributed by atoms with Crippen molar-refractivity contribution in [2.24, 2.45) is 0 Å². The van der Waals surface area contributed by atoms with Crippen molar-refractivity contribution >= 4 is 22.1 Å². The van der Waals surface area contributed by atoms with Gasteiger partial charge in [-0.05, 0) is 24.3 Å². The predicted molar refractivity (Wildman–Crippen MR) is 90.9 cm³/mol. The lowest BCUT2D eigenvalue weighted by Crippen LogP contribution is -1.79. The van der Waals surface area contributed by atoms with Crippen molar-refractivity contribution < 1.29 is 0 Å². The van der Waals surface area contributed by atoms with Gasteiger partial charge in [0.05, 0.1) is 22.1 Å². The van der Waals surface area contributed by atoms with Crippen molar-refractivity contribution in [3.63, 3.8) is 0 Å². The fourth-order valence-corrected chi connectivity index (χ4v) is 2.35. The number of hydrogen-bond donors (Lipinski definition) is 2. The molecule has 4 aromatic rings. The third-order valence-corrected chi connectivity index (χ3v) is 3.55. The average molecular weight is 292 g/mol. The fourth-order valence-electron chi connectivity index (χ4n) is 2.35. The summed E-state index contributed by atoms with van der Waals surface area (Å²) in [5, 5.41) is 0. The number of hydrogen-bond acceptors (Lipinski definition) is 2. The molecule has 0 spiro atoms. The quantitative estimate of drug-likeness (QED) is 0.580. The minimum absolute atomic E-state index is 0.967. The van der Waals surface area contributed by atoms with Crippen LogP contribution in [-0.4, -0.2) is 19.9 Å². The Bertz CT molecular complexity index is 733. The minimum Gasteiger partial charge on any atom is -0.342 e. The smallest absolute Gasteiger partial charge is 0.106 e. The molecule has 0 radical (unpaired) electrons. The van der Waals surface area contributed by atoms with Gasteiger partial charge in [0.1, 0.15) is 11.6 Å². The lowest BCUT2D eigenvalue weighted by molar-refractivity contribution is 1.00. The van der Waals surface area contributed by atoms with E-state index >= 15 is 0 Å². The maximum atomic E-state index is 4.38. The summed E-state index contributed by atoms with van der Waals surface area (Å²) in [6.07, 6.45) is 1.93. The first-order valence-corrected chi connectivity index (χ1v) is 7.67. The Hall–Kier alpha value is -2.62. The summed E-state index contributed by atoms with van der Waals surface area (Å²) in [6.45, 7) is 4.19. The fraction of sp³-hybridized carbons (Fsp3) is 0.222. The summed E-state index contributed by atoms with van der Waals surface area (Å²) < 4.78 is 0. The number of aromatic amines is 2. The normalized spacial score (nSPS) is 10.6. The molecule has 0 saturated carbocycles. The van der Waals surface area contributed by atoms with Gasteiger partial charge in [-0.3, -0.25) is 0 Å². The van der Waals surface area contributed by atoms with Gasteiger partial charge in [0, 0.05) is 12.8 Å². The zero-order valence-corrected chi connectivity index (χ0v) is 12.9. The van der Waals surface area contributed by atoms with Crippen LogP contribution in [0.2, 0.25) is 0 Å². The highest BCUT2D eigenvalue weighted by Crippen LogP contribution is 2.10. The molecule has 2 aromatic carbocycles. The van der Waals surface area contributed by atoms with Gasteiger partial charge in [-0.1, -0.05) is 38.1 Å². The molecule has 0 amide bonds. The molecular weight excluding hydrogens is 272 g/mol. The first-order valence-electron chi connectivity index (χ1n) is 7.67. The van der Waals surface area contributed by atoms with Crippen LogP contribution in [0.1, 0.15) is 25.5 Å². The molecule has 4 nitrogen and oxygen atoms in total. The van der Waals surface area contributed by atoms with E-state index in [2.05, 4.69) is 33.8 Å². The molecule has 2 heterocycles. The van der Waals surface area contributed by atoms with Crippen molar-refractivity contribution in [3.05, 3.63) is 60.2 Å². The molecule has 2 N–H and O–H groups in total. The van der Waals surface area contributed by atoms with E-state index in [9.17, 15) is 0 Å². The highest BCUT2D eigenvalue weighted by molar-refractivity contribution is 5.75. The van der Waals surface area contributed by atoms with Gasteiger partial charge in [-0.2, -0.15) is 0 Å². The van der Waals surface area contributed by atoms with Crippen molar-refractivity contribution in [1.29, 1.82) is 0 Å². The van der Waals surface area contributed by atoms with Crippen molar-refractivity contribution in [2.45, 2.75) is 26.7 Å². The van der Waals surface area contributed by atoms with Gasteiger partial charge < -0.3 is 9.97 Å². The predicted octanol–water partition coefficient (Wildman–Crippen LogP) is 4.25. The van der Waals surface area contributed by atoms with E-state index in [1.807, 2.05) is 48.5 Å². The van der Waals surface area contributed by atoms with Crippen molar-refractivity contribution in [1.82, 2.24) is 19.9 Å². The zero-order chi connectivity index (χ0) is 15.4. The maximum Gasteiger partial charge on any atom is 0.106 e. The molecule has 22 heavy (non-hydrogen) atoms. The summed E-state index contributed by atoms with van der Waals surface area (Å²) in [7, 11) is 0. The number of imidazole rings is 2. The number of benzene rings is 2. The highest BCUT2D eigenvalue weighted by Gasteiger charge is 1.98. The maximum absolute atomic E-state index is 4.38. The van der Waals surface area contributed by atoms with Crippen LogP contribution in [0.25, 0.3) is 22.1 Å². The largest absolute Gasteiger partial charge is 0.342 e. The van der Waals surface area contributed by atoms with E-state index in [0.717, 1.165) is 46.6 Å². The van der Waals surface area contributed by atoms with Gasteiger partial charge in [-0.15, -0.1) is 0 Å². The number of fused-ring (bicyclic) bond motifs is 2. The van der Waals surface area contributed by atoms with Crippen LogP contribution < -0.4 is 0 Å². The molecule has 0 aliphatic heterocycles. The van der Waals surface area contributed by atoms with E-state index in [4.69, 9.17) is 0 Å². The van der Waals surface area contributed by atoms with Crippen LogP contribution in [0, 0.1) is 0 Å². The summed E-state index contributed by atoms with van der Waals surface area (Å²) in [4.78, 5) is 15.2. The number of nitrogens with one attached hydrogen (secondary N) is 2. The monoisotopic (exact) mass is 292 g/mol. The summed E-state index contributed by atoms with van der Waals surface area (Å²) in [5.74, 6) is 2.12. The van der Waals surface area contributed by atoms with E-state index in [1.54, 1.807) is 0 Å². The Morgan fingerprint density at radius 2 is 1.09 bits per heavy atom. The number of para-hydroxylation sites is 4. The van der Waals surface area contributed by atoms with Crippen LogP contribution in [0.15, 0.2) is 48.5 Å². The standard InChI is InChI=1S/2C9H10N2/c2*1-2-9-10-7-5-3-4-6-8(7)11-9/h2*3-6H,2H2,1H3,(H,10,11). The minimum atomic E-state index is 0.967. The third kappa shape index (κ3) is 3.01. The molecule has 4 heteroatoms. The summed E-state index contributed by atoms with van der Waals surface area (Å²) in [5.41, 5.74) is 4.38. The average Bonchev–Trinajstić information content (AvgIpc) is 3.18. The Morgan fingerprint density at radius 3 is 1.45 bits per heavy atom. The van der Waals surface area contributed by atoms with Crippen LogP contribution in [0.3, 0.4) is 0 Å². The second-order valence-electron chi connectivity index (χ2n) is 5.11. The molecule has 2 aromatic heterocycles. The van der Waals surface area contributed by atoms with Crippen LogP contribution in [0.4, 0.5) is 0 Å². The van der Waals surface area contributed by atoms with Crippen LogP contribution in [-0.2, 0) is 12.8 Å². The van der Waals surface area contributed by atoms with Gasteiger partial charge in [0.2, 0.25) is 0 Å². The topological polar surface area (TPSA) is 57.4 Å². The van der Waals surface area contributed by atoms with E-state index in [0.29, 0.717) is 0 Å². The van der Waals surface area contributed by atoms with Crippen molar-refractivity contribution in [3.8, 4) is 0 Å². The molecule has 112 valence electrons. The molecule has 4 rings (SSSR count). The van der Waals surface area contributed by atoms with Gasteiger partial charge in [0.25, 0.3) is 0 Å². The van der Waals surface area contributed by atoms with Crippen molar-refractivity contribution in [2.75, 3.05) is 0 Å². The zero-order valence-electron chi connectivity index (χ0n) is 12.9. The summed E-state index contributed by atoms with van der Waals surface area (Å²) >= 11 is 0. The van der Waals surface area contributed by atoms with E-state index in [-0.39, 0.29) is 0 Å². The van der Waals surface area contributed by atoms with Gasteiger partial charge >= 0.3 is 0 Å². The molecule has 0 aliphatic rings. The second-order valence-corrected chi connectivity index (χ2v) is 5.11. The number of H-pyrrole nitrogens is 2. The lowest BCUT2D eigenvalue weighted by Gasteiger charge is -1.82. The molecule has 0 unspecified atom stereocenters. The molecule has 0 bridgehead atoms. The van der Waals surface area contributed by atoms with E-state index < -0.39 is 0 Å². The third-order valence-electron chi connectivity index (χ3n) is 3.55.